The fourth-order valence-electron chi connectivity index (χ4n) is 5.96. The van der Waals surface area contributed by atoms with Gasteiger partial charge in [0.2, 0.25) is 17.7 Å². The number of ether oxygens (including phenoxy) is 1. The molecule has 0 saturated carbocycles. The highest BCUT2D eigenvalue weighted by Gasteiger charge is 2.31. The highest BCUT2D eigenvalue weighted by molar-refractivity contribution is 5.86. The Balaban J connectivity index is 1.12. The molecule has 3 amide bonds. The van der Waals surface area contributed by atoms with Gasteiger partial charge in [-0.2, -0.15) is 0 Å². The summed E-state index contributed by atoms with van der Waals surface area (Å²) in [6.07, 6.45) is 2.73. The molecule has 0 bridgehead atoms. The number of methoxy groups -OCH3 is 1. The first-order valence-corrected chi connectivity index (χ1v) is 15.2. The molecule has 0 radical (unpaired) electrons. The van der Waals surface area contributed by atoms with Gasteiger partial charge in [0.15, 0.2) is 0 Å². The second-order valence-electron chi connectivity index (χ2n) is 11.6. The molecule has 44 heavy (non-hydrogen) atoms. The molecule has 5 rings (SSSR count). The van der Waals surface area contributed by atoms with E-state index in [0.717, 1.165) is 28.9 Å². The predicted molar refractivity (Wildman–Crippen MR) is 165 cm³/mol. The SMILES string of the molecule is COc1ccc(CC(=O)N2CCCC(C(=O)N[C@@H](Cc3ccc(CC(=O)N4CCc5ccccc5C4)cc3)C(=O)O)C2)cc1. The van der Waals surface area contributed by atoms with Crippen LogP contribution in [0.2, 0.25) is 0 Å². The quantitative estimate of drug-likeness (QED) is 0.370. The Bertz CT molecular complexity index is 1490. The summed E-state index contributed by atoms with van der Waals surface area (Å²) in [5.74, 6) is -1.23. The topological polar surface area (TPSA) is 116 Å². The van der Waals surface area contributed by atoms with Gasteiger partial charge in [-0.25, -0.2) is 4.79 Å². The number of carboxylic acid groups (broad SMARTS) is 1. The van der Waals surface area contributed by atoms with Crippen molar-refractivity contribution in [3.63, 3.8) is 0 Å². The summed E-state index contributed by atoms with van der Waals surface area (Å²) in [5, 5.41) is 12.6. The van der Waals surface area contributed by atoms with Crippen LogP contribution in [0.1, 0.15) is 40.7 Å². The van der Waals surface area contributed by atoms with Gasteiger partial charge < -0.3 is 25.0 Å². The van der Waals surface area contributed by atoms with Crippen molar-refractivity contribution in [2.24, 2.45) is 5.92 Å². The minimum Gasteiger partial charge on any atom is -0.497 e. The second-order valence-corrected chi connectivity index (χ2v) is 11.6. The number of aliphatic carboxylic acids is 1. The smallest absolute Gasteiger partial charge is 0.326 e. The monoisotopic (exact) mass is 597 g/mol. The zero-order valence-electron chi connectivity index (χ0n) is 25.0. The highest BCUT2D eigenvalue weighted by Crippen LogP contribution is 2.21. The Morgan fingerprint density at radius 1 is 0.841 bits per heavy atom. The molecule has 1 fully saturated rings. The van der Waals surface area contributed by atoms with E-state index in [-0.39, 0.29) is 43.5 Å². The number of piperidine rings is 1. The largest absolute Gasteiger partial charge is 0.497 e. The number of likely N-dealkylation sites (tertiary alicyclic amines) is 1. The van der Waals surface area contributed by atoms with E-state index >= 15 is 0 Å². The minimum absolute atomic E-state index is 0.0620. The molecule has 230 valence electrons. The predicted octanol–water partition coefficient (Wildman–Crippen LogP) is 3.42. The Labute approximate surface area is 257 Å². The Morgan fingerprint density at radius 3 is 2.11 bits per heavy atom. The first-order chi connectivity index (χ1) is 21.3. The van der Waals surface area contributed by atoms with Crippen LogP contribution in [0, 0.1) is 5.92 Å². The van der Waals surface area contributed by atoms with Crippen LogP contribution in [-0.4, -0.2) is 71.4 Å². The van der Waals surface area contributed by atoms with E-state index in [1.54, 1.807) is 12.0 Å². The fourth-order valence-corrected chi connectivity index (χ4v) is 5.96. The van der Waals surface area contributed by atoms with Crippen molar-refractivity contribution in [3.05, 3.63) is 101 Å². The molecule has 2 heterocycles. The molecule has 3 aromatic rings. The number of nitrogens with zero attached hydrogens (tertiary/aromatic N) is 2. The standard InChI is InChI=1S/C35H39N3O6/c1-44-30-14-12-26(13-15-30)21-32(39)37-17-4-7-29(23-37)34(41)36-31(35(42)43)19-24-8-10-25(11-9-24)20-33(40)38-18-16-27-5-2-3-6-28(27)22-38/h2-3,5-6,8-15,29,31H,4,7,16-23H2,1H3,(H,36,41)(H,42,43)/t29?,31-/m0/s1. The summed E-state index contributed by atoms with van der Waals surface area (Å²) in [5.41, 5.74) is 4.95. The molecule has 2 aliphatic heterocycles. The number of rotatable bonds is 10. The molecular weight excluding hydrogens is 558 g/mol. The maximum atomic E-state index is 13.1. The van der Waals surface area contributed by atoms with Crippen molar-refractivity contribution in [1.29, 1.82) is 0 Å². The van der Waals surface area contributed by atoms with Gasteiger partial charge in [-0.3, -0.25) is 14.4 Å². The van der Waals surface area contributed by atoms with Crippen LogP contribution in [-0.2, 0) is 51.4 Å². The summed E-state index contributed by atoms with van der Waals surface area (Å²) in [6, 6.07) is 21.7. The van der Waals surface area contributed by atoms with Crippen molar-refractivity contribution in [2.45, 2.75) is 51.1 Å². The average molecular weight is 598 g/mol. The summed E-state index contributed by atoms with van der Waals surface area (Å²) in [6.45, 7) is 2.14. The zero-order chi connectivity index (χ0) is 31.1. The molecule has 9 heteroatoms. The van der Waals surface area contributed by atoms with Crippen molar-refractivity contribution in [3.8, 4) is 5.75 Å². The van der Waals surface area contributed by atoms with Gasteiger partial charge in [0.05, 0.1) is 25.9 Å². The maximum Gasteiger partial charge on any atom is 0.326 e. The maximum absolute atomic E-state index is 13.1. The Kier molecular flexibility index (Phi) is 9.94. The van der Waals surface area contributed by atoms with Gasteiger partial charge in [-0.15, -0.1) is 0 Å². The van der Waals surface area contributed by atoms with Gasteiger partial charge in [-0.1, -0.05) is 60.7 Å². The van der Waals surface area contributed by atoms with Crippen LogP contribution < -0.4 is 10.1 Å². The van der Waals surface area contributed by atoms with E-state index in [1.807, 2.05) is 65.6 Å². The number of nitrogens with one attached hydrogen (secondary N) is 1. The number of carbonyl (C=O) groups is 4. The van der Waals surface area contributed by atoms with E-state index in [9.17, 15) is 24.3 Å². The first-order valence-electron chi connectivity index (χ1n) is 15.2. The number of benzene rings is 3. The lowest BCUT2D eigenvalue weighted by atomic mass is 9.95. The Hall–Kier alpha value is -4.66. The third kappa shape index (κ3) is 7.83. The summed E-state index contributed by atoms with van der Waals surface area (Å²) >= 11 is 0. The van der Waals surface area contributed by atoms with E-state index in [1.165, 1.54) is 11.1 Å². The third-order valence-electron chi connectivity index (χ3n) is 8.58. The van der Waals surface area contributed by atoms with Crippen molar-refractivity contribution < 1.29 is 29.0 Å². The molecular formula is C35H39N3O6. The number of carboxylic acids is 1. The first kappa shape index (κ1) is 30.8. The average Bonchev–Trinajstić information content (AvgIpc) is 3.05. The summed E-state index contributed by atoms with van der Waals surface area (Å²) < 4.78 is 5.17. The highest BCUT2D eigenvalue weighted by atomic mass is 16.5. The zero-order valence-corrected chi connectivity index (χ0v) is 25.0. The molecule has 2 aliphatic rings. The van der Waals surface area contributed by atoms with E-state index in [2.05, 4.69) is 17.4 Å². The van der Waals surface area contributed by atoms with E-state index < -0.39 is 17.9 Å². The number of hydrogen-bond donors (Lipinski definition) is 2. The number of carbonyl (C=O) groups excluding carboxylic acids is 3. The second kappa shape index (κ2) is 14.2. The van der Waals surface area contributed by atoms with Crippen LogP contribution in [0.5, 0.6) is 5.75 Å². The van der Waals surface area contributed by atoms with Crippen LogP contribution >= 0.6 is 0 Å². The molecule has 3 aromatic carbocycles. The molecule has 0 spiro atoms. The molecule has 0 aromatic heterocycles. The van der Waals surface area contributed by atoms with Gasteiger partial charge in [0, 0.05) is 32.6 Å². The lowest BCUT2D eigenvalue weighted by Gasteiger charge is -2.32. The number of fused-ring (bicyclic) bond motifs is 1. The van der Waals surface area contributed by atoms with Gasteiger partial charge in [-0.05, 0) is 59.2 Å². The molecule has 0 aliphatic carbocycles. The van der Waals surface area contributed by atoms with E-state index in [4.69, 9.17) is 4.74 Å². The van der Waals surface area contributed by atoms with Crippen LogP contribution in [0.3, 0.4) is 0 Å². The molecule has 1 saturated heterocycles. The van der Waals surface area contributed by atoms with Crippen molar-refractivity contribution >= 4 is 23.7 Å². The normalized spacial score (nSPS) is 16.9. The Morgan fingerprint density at radius 2 is 1.45 bits per heavy atom. The van der Waals surface area contributed by atoms with Crippen molar-refractivity contribution in [2.75, 3.05) is 26.7 Å². The lowest BCUT2D eigenvalue weighted by Crippen LogP contribution is -2.50. The van der Waals surface area contributed by atoms with Crippen LogP contribution in [0.4, 0.5) is 0 Å². The van der Waals surface area contributed by atoms with Crippen molar-refractivity contribution in [1.82, 2.24) is 15.1 Å². The number of hydrogen-bond acceptors (Lipinski definition) is 5. The van der Waals surface area contributed by atoms with Gasteiger partial charge in [0.25, 0.3) is 0 Å². The van der Waals surface area contributed by atoms with Gasteiger partial charge in [0.1, 0.15) is 11.8 Å². The summed E-state index contributed by atoms with van der Waals surface area (Å²) in [4.78, 5) is 54.7. The van der Waals surface area contributed by atoms with Gasteiger partial charge >= 0.3 is 5.97 Å². The molecule has 2 N–H and O–H groups in total. The molecule has 2 atom stereocenters. The van der Waals surface area contributed by atoms with Crippen LogP contribution in [0.15, 0.2) is 72.8 Å². The minimum atomic E-state index is -1.12. The molecule has 1 unspecified atom stereocenters. The lowest BCUT2D eigenvalue weighted by molar-refractivity contribution is -0.143. The third-order valence-corrected chi connectivity index (χ3v) is 8.58. The summed E-state index contributed by atoms with van der Waals surface area (Å²) in [7, 11) is 1.59. The number of amides is 3. The van der Waals surface area contributed by atoms with E-state index in [0.29, 0.717) is 32.5 Å². The van der Waals surface area contributed by atoms with Crippen LogP contribution in [0.25, 0.3) is 0 Å². The fraction of sp³-hybridized carbons (Fsp3) is 0.371. The molecule has 9 nitrogen and oxygen atoms in total.